The number of rotatable bonds is 19. The number of hydrogen-bond donors (Lipinski definition) is 1. The molecular weight excluding hydrogens is 328 g/mol. The van der Waals surface area contributed by atoms with E-state index in [4.69, 9.17) is 9.84 Å². The lowest BCUT2D eigenvalue weighted by Gasteiger charge is -2.14. The van der Waals surface area contributed by atoms with Gasteiger partial charge in [-0.15, -0.1) is 0 Å². The van der Waals surface area contributed by atoms with E-state index in [0.29, 0.717) is 6.42 Å². The van der Waals surface area contributed by atoms with Crippen molar-refractivity contribution in [2.24, 2.45) is 0 Å². The van der Waals surface area contributed by atoms with Crippen LogP contribution in [-0.4, -0.2) is 23.1 Å². The summed E-state index contributed by atoms with van der Waals surface area (Å²) >= 11 is 0. The SMILES string of the molecule is CCCCCCCCCCCCCCCCCC(CC(=O)O)OC(C)=O. The molecule has 0 saturated heterocycles. The zero-order valence-electron chi connectivity index (χ0n) is 17.3. The fourth-order valence-corrected chi connectivity index (χ4v) is 3.38. The second-order valence-electron chi connectivity index (χ2n) is 7.57. The number of carbonyl (C=O) groups excluding carboxylic acids is 1. The second-order valence-corrected chi connectivity index (χ2v) is 7.57. The van der Waals surface area contributed by atoms with Crippen LogP contribution in [-0.2, 0) is 14.3 Å². The minimum absolute atomic E-state index is 0.0851. The molecule has 0 saturated carbocycles. The molecule has 4 nitrogen and oxygen atoms in total. The smallest absolute Gasteiger partial charge is 0.307 e. The van der Waals surface area contributed by atoms with Crippen LogP contribution in [0.2, 0.25) is 0 Å². The number of hydrogen-bond acceptors (Lipinski definition) is 3. The fraction of sp³-hybridized carbons (Fsp3) is 0.909. The molecule has 0 rings (SSSR count). The Hall–Kier alpha value is -1.06. The molecule has 0 radical (unpaired) electrons. The number of carboxylic acids is 1. The molecular formula is C22H42O4. The molecule has 1 N–H and O–H groups in total. The Kier molecular flexibility index (Phi) is 18.0. The first-order chi connectivity index (χ1) is 12.6. The van der Waals surface area contributed by atoms with E-state index in [2.05, 4.69) is 6.92 Å². The number of ether oxygens (including phenoxy) is 1. The van der Waals surface area contributed by atoms with Gasteiger partial charge >= 0.3 is 11.9 Å². The maximum absolute atomic E-state index is 11.0. The number of carboxylic acid groups (broad SMARTS) is 1. The lowest BCUT2D eigenvalue weighted by atomic mass is 10.0. The highest BCUT2D eigenvalue weighted by molar-refractivity contribution is 5.69. The van der Waals surface area contributed by atoms with Crippen molar-refractivity contribution < 1.29 is 19.4 Å². The van der Waals surface area contributed by atoms with Gasteiger partial charge in [-0.2, -0.15) is 0 Å². The van der Waals surface area contributed by atoms with Crippen molar-refractivity contribution in [3.63, 3.8) is 0 Å². The van der Waals surface area contributed by atoms with Gasteiger partial charge in [-0.25, -0.2) is 0 Å². The van der Waals surface area contributed by atoms with E-state index in [1.165, 1.54) is 90.4 Å². The van der Waals surface area contributed by atoms with Crippen LogP contribution in [0.3, 0.4) is 0 Å². The average molecular weight is 371 g/mol. The van der Waals surface area contributed by atoms with Gasteiger partial charge in [0.25, 0.3) is 0 Å². The zero-order chi connectivity index (χ0) is 19.5. The van der Waals surface area contributed by atoms with Crippen molar-refractivity contribution in [1.82, 2.24) is 0 Å². The summed E-state index contributed by atoms with van der Waals surface area (Å²) in [4.78, 5) is 21.7. The fourth-order valence-electron chi connectivity index (χ4n) is 3.38. The Labute approximate surface area is 161 Å². The summed E-state index contributed by atoms with van der Waals surface area (Å²) < 4.78 is 5.06. The molecule has 0 spiro atoms. The molecule has 154 valence electrons. The summed E-state index contributed by atoms with van der Waals surface area (Å²) in [6, 6.07) is 0. The lowest BCUT2D eigenvalue weighted by molar-refractivity contribution is -0.151. The summed E-state index contributed by atoms with van der Waals surface area (Å²) in [5.74, 6) is -1.30. The summed E-state index contributed by atoms with van der Waals surface area (Å²) in [6.07, 6.45) is 19.7. The molecule has 0 fully saturated rings. The molecule has 0 aromatic heterocycles. The summed E-state index contributed by atoms with van der Waals surface area (Å²) in [7, 11) is 0. The van der Waals surface area contributed by atoms with Gasteiger partial charge in [0.15, 0.2) is 0 Å². The highest BCUT2D eigenvalue weighted by Gasteiger charge is 2.15. The molecule has 0 aliphatic carbocycles. The average Bonchev–Trinajstić information content (AvgIpc) is 2.57. The van der Waals surface area contributed by atoms with E-state index in [-0.39, 0.29) is 6.42 Å². The monoisotopic (exact) mass is 370 g/mol. The summed E-state index contributed by atoms with van der Waals surface area (Å²) in [5.41, 5.74) is 0. The molecule has 0 heterocycles. The van der Waals surface area contributed by atoms with Gasteiger partial charge in [0.1, 0.15) is 6.10 Å². The maximum atomic E-state index is 11.0. The first-order valence-corrected chi connectivity index (χ1v) is 10.9. The standard InChI is InChI=1S/C22H42O4/c1-3-4-5-6-7-8-9-10-11-12-13-14-15-16-17-18-21(19-22(24)25)26-20(2)23/h21H,3-19H2,1-2H3,(H,24,25). The van der Waals surface area contributed by atoms with Crippen LogP contribution >= 0.6 is 0 Å². The van der Waals surface area contributed by atoms with Crippen molar-refractivity contribution >= 4 is 11.9 Å². The Morgan fingerprint density at radius 1 is 0.731 bits per heavy atom. The van der Waals surface area contributed by atoms with Crippen molar-refractivity contribution in [2.75, 3.05) is 0 Å². The van der Waals surface area contributed by atoms with Gasteiger partial charge < -0.3 is 9.84 Å². The normalized spacial score (nSPS) is 12.1. The highest BCUT2D eigenvalue weighted by atomic mass is 16.5. The van der Waals surface area contributed by atoms with Gasteiger partial charge in [-0.3, -0.25) is 9.59 Å². The molecule has 1 unspecified atom stereocenters. The minimum atomic E-state index is -0.905. The van der Waals surface area contributed by atoms with Crippen LogP contribution in [0.1, 0.15) is 123 Å². The Bertz CT molecular complexity index is 325. The summed E-state index contributed by atoms with van der Waals surface area (Å²) in [6.45, 7) is 3.60. The van der Waals surface area contributed by atoms with Gasteiger partial charge in [0.2, 0.25) is 0 Å². The molecule has 0 aromatic carbocycles. The molecule has 0 aliphatic heterocycles. The Balaban J connectivity index is 3.34. The van der Waals surface area contributed by atoms with E-state index < -0.39 is 18.0 Å². The van der Waals surface area contributed by atoms with Crippen molar-refractivity contribution in [3.05, 3.63) is 0 Å². The molecule has 1 atom stereocenters. The molecule has 0 bridgehead atoms. The minimum Gasteiger partial charge on any atom is -0.481 e. The third-order valence-electron chi connectivity index (χ3n) is 4.86. The molecule has 0 aliphatic rings. The molecule has 0 aromatic rings. The van der Waals surface area contributed by atoms with E-state index in [0.717, 1.165) is 12.8 Å². The summed E-state index contributed by atoms with van der Waals surface area (Å²) in [5, 5.41) is 8.83. The maximum Gasteiger partial charge on any atom is 0.307 e. The number of carbonyl (C=O) groups is 2. The van der Waals surface area contributed by atoms with Crippen molar-refractivity contribution in [1.29, 1.82) is 0 Å². The van der Waals surface area contributed by atoms with Crippen LogP contribution in [0.5, 0.6) is 0 Å². The van der Waals surface area contributed by atoms with Crippen LogP contribution in [0.4, 0.5) is 0 Å². The number of aliphatic carboxylic acids is 1. The topological polar surface area (TPSA) is 63.6 Å². The van der Waals surface area contributed by atoms with Crippen LogP contribution in [0, 0.1) is 0 Å². The Morgan fingerprint density at radius 2 is 1.12 bits per heavy atom. The van der Waals surface area contributed by atoms with Crippen LogP contribution < -0.4 is 0 Å². The number of unbranched alkanes of at least 4 members (excludes halogenated alkanes) is 14. The van der Waals surface area contributed by atoms with E-state index in [1.807, 2.05) is 0 Å². The van der Waals surface area contributed by atoms with E-state index >= 15 is 0 Å². The third kappa shape index (κ3) is 19.3. The van der Waals surface area contributed by atoms with Gasteiger partial charge in [-0.05, 0) is 12.8 Å². The quantitative estimate of drug-likeness (QED) is 0.204. The predicted molar refractivity (Wildman–Crippen MR) is 107 cm³/mol. The van der Waals surface area contributed by atoms with Gasteiger partial charge in [-0.1, -0.05) is 96.8 Å². The predicted octanol–water partition coefficient (Wildman–Crippen LogP) is 6.65. The van der Waals surface area contributed by atoms with Crippen molar-refractivity contribution in [3.8, 4) is 0 Å². The first-order valence-electron chi connectivity index (χ1n) is 10.9. The van der Waals surface area contributed by atoms with Crippen LogP contribution in [0.25, 0.3) is 0 Å². The third-order valence-corrected chi connectivity index (χ3v) is 4.86. The Morgan fingerprint density at radius 3 is 1.46 bits per heavy atom. The van der Waals surface area contributed by atoms with E-state index in [1.54, 1.807) is 0 Å². The number of esters is 1. The zero-order valence-corrected chi connectivity index (χ0v) is 17.3. The van der Waals surface area contributed by atoms with E-state index in [9.17, 15) is 9.59 Å². The second kappa shape index (κ2) is 18.7. The highest BCUT2D eigenvalue weighted by Crippen LogP contribution is 2.15. The largest absolute Gasteiger partial charge is 0.481 e. The van der Waals surface area contributed by atoms with Crippen molar-refractivity contribution in [2.45, 2.75) is 129 Å². The molecule has 4 heteroatoms. The molecule has 0 amide bonds. The van der Waals surface area contributed by atoms with Gasteiger partial charge in [0, 0.05) is 6.92 Å². The van der Waals surface area contributed by atoms with Gasteiger partial charge in [0.05, 0.1) is 6.42 Å². The molecule has 26 heavy (non-hydrogen) atoms. The van der Waals surface area contributed by atoms with Crippen LogP contribution in [0.15, 0.2) is 0 Å². The first kappa shape index (κ1) is 24.9. The lowest BCUT2D eigenvalue weighted by Crippen LogP contribution is -2.20.